The van der Waals surface area contributed by atoms with E-state index < -0.39 is 17.8 Å². The Balaban J connectivity index is 1.99. The van der Waals surface area contributed by atoms with Crippen LogP contribution in [0.25, 0.3) is 10.2 Å². The maximum Gasteiger partial charge on any atom is 0.433 e. The number of benzene rings is 1. The monoisotopic (exact) mass is 415 g/mol. The predicted octanol–water partition coefficient (Wildman–Crippen LogP) is 5.12. The topological polar surface area (TPSA) is 77.2 Å². The molecule has 3 N–H and O–H groups in total. The summed E-state index contributed by atoms with van der Waals surface area (Å²) in [6.07, 6.45) is -4.58. The zero-order chi connectivity index (χ0) is 19.9. The Morgan fingerprint density at radius 2 is 2.04 bits per heavy atom. The maximum absolute atomic E-state index is 13.0. The van der Waals surface area contributed by atoms with Crippen LogP contribution in [0.3, 0.4) is 0 Å². The van der Waals surface area contributed by atoms with E-state index in [0.717, 1.165) is 17.4 Å². The van der Waals surface area contributed by atoms with Crippen molar-refractivity contribution in [2.24, 2.45) is 0 Å². The van der Waals surface area contributed by atoms with Crippen molar-refractivity contribution in [2.75, 3.05) is 18.2 Å². The number of hydrogen-bond donors (Lipinski definition) is 2. The molecule has 0 aliphatic carbocycles. The van der Waals surface area contributed by atoms with Gasteiger partial charge in [-0.15, -0.1) is 11.3 Å². The SMILES string of the molecule is COc1ccc(NC(=O)c2sc3nc(C(F)(F)F)cc(C)c3c2N)cc1Cl. The smallest absolute Gasteiger partial charge is 0.433 e. The highest BCUT2D eigenvalue weighted by molar-refractivity contribution is 7.21. The summed E-state index contributed by atoms with van der Waals surface area (Å²) in [7, 11) is 1.46. The number of carbonyl (C=O) groups excluding carboxylic acids is 1. The minimum Gasteiger partial charge on any atom is -0.495 e. The number of nitrogens with two attached hydrogens (primary N) is 1. The van der Waals surface area contributed by atoms with Gasteiger partial charge in [-0.05, 0) is 36.8 Å². The molecule has 2 aromatic heterocycles. The number of nitrogen functional groups attached to an aromatic ring is 1. The number of anilines is 2. The van der Waals surface area contributed by atoms with Crippen LogP contribution in [-0.4, -0.2) is 18.0 Å². The summed E-state index contributed by atoms with van der Waals surface area (Å²) < 4.78 is 43.9. The Hall–Kier alpha value is -2.52. The van der Waals surface area contributed by atoms with Crippen LogP contribution in [0.4, 0.5) is 24.5 Å². The Kier molecular flexibility index (Phi) is 4.92. The van der Waals surface area contributed by atoms with Gasteiger partial charge in [0.2, 0.25) is 0 Å². The van der Waals surface area contributed by atoms with E-state index in [9.17, 15) is 18.0 Å². The molecule has 5 nitrogen and oxygen atoms in total. The van der Waals surface area contributed by atoms with Gasteiger partial charge in [0.25, 0.3) is 5.91 Å². The van der Waals surface area contributed by atoms with Crippen LogP contribution >= 0.6 is 22.9 Å². The van der Waals surface area contributed by atoms with Gasteiger partial charge in [-0.3, -0.25) is 4.79 Å². The van der Waals surface area contributed by atoms with Gasteiger partial charge in [-0.25, -0.2) is 4.98 Å². The van der Waals surface area contributed by atoms with Gasteiger partial charge >= 0.3 is 6.18 Å². The third-order valence-electron chi connectivity index (χ3n) is 3.80. The van der Waals surface area contributed by atoms with E-state index in [1.807, 2.05) is 0 Å². The normalized spacial score (nSPS) is 11.6. The molecule has 0 bridgehead atoms. The molecule has 1 amide bonds. The molecule has 0 spiro atoms. The molecule has 2 heterocycles. The second-order valence-electron chi connectivity index (χ2n) is 5.65. The number of pyridine rings is 1. The molecule has 10 heteroatoms. The first-order valence-corrected chi connectivity index (χ1v) is 8.73. The summed E-state index contributed by atoms with van der Waals surface area (Å²) in [6.45, 7) is 1.49. The largest absolute Gasteiger partial charge is 0.495 e. The summed E-state index contributed by atoms with van der Waals surface area (Å²) in [4.78, 5) is 16.3. The molecule has 0 radical (unpaired) electrons. The van der Waals surface area contributed by atoms with E-state index >= 15 is 0 Å². The first kappa shape index (κ1) is 19.2. The average Bonchev–Trinajstić information content (AvgIpc) is 2.91. The van der Waals surface area contributed by atoms with Crippen LogP contribution < -0.4 is 15.8 Å². The number of thiophene rings is 1. The van der Waals surface area contributed by atoms with Crippen molar-refractivity contribution in [1.29, 1.82) is 0 Å². The molecule has 27 heavy (non-hydrogen) atoms. The molecule has 0 aliphatic heterocycles. The highest BCUT2D eigenvalue weighted by Crippen LogP contribution is 2.38. The molecule has 142 valence electrons. The van der Waals surface area contributed by atoms with Gasteiger partial charge < -0.3 is 15.8 Å². The van der Waals surface area contributed by atoms with Gasteiger partial charge in [0, 0.05) is 11.1 Å². The number of ether oxygens (including phenoxy) is 1. The molecule has 0 saturated carbocycles. The van der Waals surface area contributed by atoms with Crippen molar-refractivity contribution in [3.05, 3.63) is 45.4 Å². The molecule has 1 aromatic carbocycles. The number of aromatic nitrogens is 1. The van der Waals surface area contributed by atoms with Crippen molar-refractivity contribution >= 4 is 50.4 Å². The lowest BCUT2D eigenvalue weighted by Crippen LogP contribution is -2.12. The summed E-state index contributed by atoms with van der Waals surface area (Å²) in [5, 5.41) is 3.25. The fourth-order valence-corrected chi connectivity index (χ4v) is 3.88. The molecule has 0 aliphatic rings. The lowest BCUT2D eigenvalue weighted by Gasteiger charge is -2.08. The summed E-state index contributed by atoms with van der Waals surface area (Å²) in [6, 6.07) is 5.56. The van der Waals surface area contributed by atoms with Crippen molar-refractivity contribution < 1.29 is 22.7 Å². The third-order valence-corrected chi connectivity index (χ3v) is 5.20. The van der Waals surface area contributed by atoms with Gasteiger partial charge in [-0.2, -0.15) is 13.2 Å². The van der Waals surface area contributed by atoms with Gasteiger partial charge in [0.15, 0.2) is 0 Å². The lowest BCUT2D eigenvalue weighted by molar-refractivity contribution is -0.141. The zero-order valence-electron chi connectivity index (χ0n) is 14.1. The highest BCUT2D eigenvalue weighted by atomic mass is 35.5. The maximum atomic E-state index is 13.0. The summed E-state index contributed by atoms with van der Waals surface area (Å²) in [5.74, 6) is -0.125. The number of amides is 1. The number of aryl methyl sites for hydroxylation is 1. The predicted molar refractivity (Wildman–Crippen MR) is 99.7 cm³/mol. The number of nitrogens with one attached hydrogen (secondary N) is 1. The second kappa shape index (κ2) is 6.90. The Morgan fingerprint density at radius 1 is 1.33 bits per heavy atom. The van der Waals surface area contributed by atoms with Crippen molar-refractivity contribution in [1.82, 2.24) is 4.98 Å². The lowest BCUT2D eigenvalue weighted by atomic mass is 10.1. The number of hydrogen-bond acceptors (Lipinski definition) is 5. The number of halogens is 4. The Morgan fingerprint density at radius 3 is 2.63 bits per heavy atom. The van der Waals surface area contributed by atoms with Crippen LogP contribution in [-0.2, 0) is 6.18 Å². The van der Waals surface area contributed by atoms with Crippen LogP contribution in [0.1, 0.15) is 20.9 Å². The van der Waals surface area contributed by atoms with Crippen LogP contribution in [0.15, 0.2) is 24.3 Å². The van der Waals surface area contributed by atoms with E-state index in [1.165, 1.54) is 20.1 Å². The van der Waals surface area contributed by atoms with Crippen molar-refractivity contribution in [3.63, 3.8) is 0 Å². The molecule has 0 fully saturated rings. The van der Waals surface area contributed by atoms with Crippen molar-refractivity contribution in [2.45, 2.75) is 13.1 Å². The quantitative estimate of drug-likeness (QED) is 0.622. The van der Waals surface area contributed by atoms with E-state index in [0.29, 0.717) is 27.4 Å². The van der Waals surface area contributed by atoms with Crippen LogP contribution in [0, 0.1) is 6.92 Å². The van der Waals surface area contributed by atoms with Crippen LogP contribution in [0.2, 0.25) is 5.02 Å². The molecule has 3 aromatic rings. The molecule has 3 rings (SSSR count). The average molecular weight is 416 g/mol. The number of methoxy groups -OCH3 is 1. The zero-order valence-corrected chi connectivity index (χ0v) is 15.6. The minimum absolute atomic E-state index is 0.0535. The van der Waals surface area contributed by atoms with Gasteiger partial charge in [0.05, 0.1) is 17.8 Å². The molecule has 0 atom stereocenters. The first-order chi connectivity index (χ1) is 12.6. The molecule has 0 saturated heterocycles. The first-order valence-electron chi connectivity index (χ1n) is 7.53. The van der Waals surface area contributed by atoms with Gasteiger partial charge in [0.1, 0.15) is 21.2 Å². The van der Waals surface area contributed by atoms with Gasteiger partial charge in [-0.1, -0.05) is 11.6 Å². The second-order valence-corrected chi connectivity index (χ2v) is 7.06. The minimum atomic E-state index is -4.58. The van der Waals surface area contributed by atoms with Crippen molar-refractivity contribution in [3.8, 4) is 5.75 Å². The van der Waals surface area contributed by atoms with E-state index in [4.69, 9.17) is 22.1 Å². The fraction of sp³-hybridized carbons (Fsp3) is 0.176. The highest BCUT2D eigenvalue weighted by Gasteiger charge is 2.34. The molecular formula is C17H13ClF3N3O2S. The standard InChI is InChI=1S/C17H13ClF3N3O2S/c1-7-5-11(17(19,20)21)24-16-12(7)13(22)14(27-16)15(25)23-8-3-4-10(26-2)9(18)6-8/h3-6H,22H2,1-2H3,(H,23,25). The van der Waals surface area contributed by atoms with E-state index in [1.54, 1.807) is 12.1 Å². The molecule has 0 unspecified atom stereocenters. The van der Waals surface area contributed by atoms with E-state index in [2.05, 4.69) is 10.3 Å². The Bertz CT molecular complexity index is 1050. The number of fused-ring (bicyclic) bond motifs is 1. The number of rotatable bonds is 3. The van der Waals surface area contributed by atoms with E-state index in [-0.39, 0.29) is 15.4 Å². The third kappa shape index (κ3) is 3.65. The fourth-order valence-electron chi connectivity index (χ4n) is 2.56. The van der Waals surface area contributed by atoms with Crippen LogP contribution in [0.5, 0.6) is 5.75 Å². The summed E-state index contributed by atoms with van der Waals surface area (Å²) >= 11 is 6.82. The number of alkyl halides is 3. The number of nitrogens with zero attached hydrogens (tertiary/aromatic N) is 1. The molecular weight excluding hydrogens is 403 g/mol. The summed E-state index contributed by atoms with van der Waals surface area (Å²) in [5.41, 5.74) is 5.77. The number of carbonyl (C=O) groups is 1. The Labute approximate surface area is 160 Å².